The van der Waals surface area contributed by atoms with Gasteiger partial charge in [0.05, 0.1) is 10.9 Å². The van der Waals surface area contributed by atoms with E-state index in [2.05, 4.69) is 29.2 Å². The molecule has 4 aromatic rings. The molecule has 1 aromatic heterocycles. The Balaban J connectivity index is 1.48. The molecule has 144 valence electrons. The lowest BCUT2D eigenvalue weighted by Gasteiger charge is -2.38. The zero-order valence-corrected chi connectivity index (χ0v) is 16.1. The molecule has 4 nitrogen and oxygen atoms in total. The van der Waals surface area contributed by atoms with E-state index in [-0.39, 0.29) is 5.63 Å². The highest BCUT2D eigenvalue weighted by molar-refractivity contribution is 6.05. The summed E-state index contributed by atoms with van der Waals surface area (Å²) < 4.78 is 11.9. The summed E-state index contributed by atoms with van der Waals surface area (Å²) in [5.74, 6) is 0.816. The van der Waals surface area contributed by atoms with Crippen LogP contribution in [0.2, 0.25) is 0 Å². The summed E-state index contributed by atoms with van der Waals surface area (Å²) >= 11 is 0. The molecule has 0 saturated heterocycles. The fraction of sp³-hybridized carbons (Fsp3) is 0.240. The molecule has 0 unspecified atom stereocenters. The van der Waals surface area contributed by atoms with Crippen LogP contribution >= 0.6 is 0 Å². The fourth-order valence-electron chi connectivity index (χ4n) is 4.98. The molecule has 0 spiro atoms. The maximum Gasteiger partial charge on any atom is 0.344 e. The Kier molecular flexibility index (Phi) is 3.74. The Bertz CT molecular complexity index is 1310. The first kappa shape index (κ1) is 16.8. The highest BCUT2D eigenvalue weighted by Crippen LogP contribution is 2.40. The molecule has 3 aromatic carbocycles. The SMILES string of the molecule is O=c1oc2c3c(ccc2c2ccccc12)OCN([C@@H]1CCCc2ccccc21)C3. The maximum atomic E-state index is 12.6. The number of hydrogen-bond donors (Lipinski definition) is 0. The molecule has 0 bridgehead atoms. The molecule has 0 fully saturated rings. The summed E-state index contributed by atoms with van der Waals surface area (Å²) in [4.78, 5) is 15.0. The molecule has 4 heteroatoms. The molecule has 0 saturated carbocycles. The van der Waals surface area contributed by atoms with Crippen molar-refractivity contribution in [2.24, 2.45) is 0 Å². The number of nitrogens with zero attached hydrogens (tertiary/aromatic N) is 1. The van der Waals surface area contributed by atoms with Gasteiger partial charge in [0.1, 0.15) is 18.1 Å². The minimum atomic E-state index is -0.290. The van der Waals surface area contributed by atoms with Crippen molar-refractivity contribution in [1.29, 1.82) is 0 Å². The molecule has 6 rings (SSSR count). The van der Waals surface area contributed by atoms with Crippen molar-refractivity contribution in [3.8, 4) is 5.75 Å². The fourth-order valence-corrected chi connectivity index (χ4v) is 4.98. The quantitative estimate of drug-likeness (QED) is 0.336. The van der Waals surface area contributed by atoms with Crippen LogP contribution < -0.4 is 10.4 Å². The maximum absolute atomic E-state index is 12.6. The van der Waals surface area contributed by atoms with Crippen LogP contribution in [-0.2, 0) is 13.0 Å². The van der Waals surface area contributed by atoms with Crippen LogP contribution in [0.3, 0.4) is 0 Å². The third-order valence-electron chi connectivity index (χ3n) is 6.38. The molecular weight excluding hydrogens is 362 g/mol. The van der Waals surface area contributed by atoms with E-state index in [1.165, 1.54) is 17.5 Å². The van der Waals surface area contributed by atoms with Crippen LogP contribution in [-0.4, -0.2) is 11.6 Å². The molecule has 1 atom stereocenters. The molecule has 1 aliphatic heterocycles. The summed E-state index contributed by atoms with van der Waals surface area (Å²) in [5, 5.41) is 2.52. The summed E-state index contributed by atoms with van der Waals surface area (Å²) in [6.07, 6.45) is 3.44. The second-order valence-electron chi connectivity index (χ2n) is 7.98. The van der Waals surface area contributed by atoms with Crippen molar-refractivity contribution in [2.45, 2.75) is 31.8 Å². The number of hydrogen-bond acceptors (Lipinski definition) is 4. The molecule has 2 aliphatic rings. The first-order valence-electron chi connectivity index (χ1n) is 10.2. The molecule has 0 radical (unpaired) electrons. The van der Waals surface area contributed by atoms with Crippen LogP contribution in [0.5, 0.6) is 5.75 Å². The van der Waals surface area contributed by atoms with Gasteiger partial charge in [0.2, 0.25) is 0 Å². The Labute approximate surface area is 168 Å². The van der Waals surface area contributed by atoms with E-state index in [1.807, 2.05) is 36.4 Å². The van der Waals surface area contributed by atoms with Crippen molar-refractivity contribution < 1.29 is 9.15 Å². The van der Waals surface area contributed by atoms with Crippen molar-refractivity contribution in [1.82, 2.24) is 4.90 Å². The molecule has 1 aliphatic carbocycles. The number of benzene rings is 3. The number of ether oxygens (including phenoxy) is 1. The highest BCUT2D eigenvalue weighted by Gasteiger charge is 2.30. The predicted molar refractivity (Wildman–Crippen MR) is 113 cm³/mol. The van der Waals surface area contributed by atoms with E-state index in [1.54, 1.807) is 0 Å². The van der Waals surface area contributed by atoms with Crippen molar-refractivity contribution in [3.63, 3.8) is 0 Å². The van der Waals surface area contributed by atoms with Gasteiger partial charge in [-0.1, -0.05) is 42.5 Å². The molecular formula is C25H21NO3. The zero-order valence-electron chi connectivity index (χ0n) is 16.1. The first-order valence-corrected chi connectivity index (χ1v) is 10.2. The van der Waals surface area contributed by atoms with Gasteiger partial charge >= 0.3 is 5.63 Å². The van der Waals surface area contributed by atoms with Gasteiger partial charge in [0.15, 0.2) is 0 Å². The van der Waals surface area contributed by atoms with Gasteiger partial charge < -0.3 is 9.15 Å². The van der Waals surface area contributed by atoms with Crippen LogP contribution in [0.25, 0.3) is 21.7 Å². The van der Waals surface area contributed by atoms with E-state index in [0.717, 1.165) is 34.9 Å². The van der Waals surface area contributed by atoms with Crippen molar-refractivity contribution in [2.75, 3.05) is 6.73 Å². The topological polar surface area (TPSA) is 42.7 Å². The summed E-state index contributed by atoms with van der Waals surface area (Å²) in [5.41, 5.74) is 4.17. The lowest BCUT2D eigenvalue weighted by Crippen LogP contribution is -2.37. The second kappa shape index (κ2) is 6.46. The van der Waals surface area contributed by atoms with Crippen molar-refractivity contribution in [3.05, 3.63) is 87.8 Å². The predicted octanol–water partition coefficient (Wildman–Crippen LogP) is 5.18. The van der Waals surface area contributed by atoms with Crippen LogP contribution in [0.1, 0.15) is 35.6 Å². The van der Waals surface area contributed by atoms with Crippen LogP contribution in [0.15, 0.2) is 69.9 Å². The van der Waals surface area contributed by atoms with Crippen LogP contribution in [0, 0.1) is 0 Å². The van der Waals surface area contributed by atoms with Gasteiger partial charge in [0.25, 0.3) is 0 Å². The van der Waals surface area contributed by atoms with E-state index < -0.39 is 0 Å². The van der Waals surface area contributed by atoms with Gasteiger partial charge in [-0.15, -0.1) is 0 Å². The Hall–Kier alpha value is -3.11. The molecule has 0 amide bonds. The largest absolute Gasteiger partial charge is 0.478 e. The lowest BCUT2D eigenvalue weighted by molar-refractivity contribution is 0.0482. The number of rotatable bonds is 1. The average Bonchev–Trinajstić information content (AvgIpc) is 2.78. The minimum Gasteiger partial charge on any atom is -0.478 e. The summed E-state index contributed by atoms with van der Waals surface area (Å²) in [7, 11) is 0. The van der Waals surface area contributed by atoms with E-state index in [9.17, 15) is 4.79 Å². The summed E-state index contributed by atoms with van der Waals surface area (Å²) in [6.45, 7) is 1.27. The smallest absolute Gasteiger partial charge is 0.344 e. The van der Waals surface area contributed by atoms with Gasteiger partial charge in [-0.2, -0.15) is 0 Å². The summed E-state index contributed by atoms with van der Waals surface area (Å²) in [6, 6.07) is 20.7. The Morgan fingerprint density at radius 3 is 2.66 bits per heavy atom. The van der Waals surface area contributed by atoms with Crippen LogP contribution in [0.4, 0.5) is 0 Å². The van der Waals surface area contributed by atoms with Gasteiger partial charge in [-0.3, -0.25) is 4.90 Å². The zero-order chi connectivity index (χ0) is 19.4. The normalized spacial score (nSPS) is 19.0. The van der Waals surface area contributed by atoms with E-state index >= 15 is 0 Å². The van der Waals surface area contributed by atoms with E-state index in [4.69, 9.17) is 9.15 Å². The first-order chi connectivity index (χ1) is 14.3. The van der Waals surface area contributed by atoms with Gasteiger partial charge in [0, 0.05) is 18.0 Å². The average molecular weight is 383 g/mol. The highest BCUT2D eigenvalue weighted by atomic mass is 16.5. The van der Waals surface area contributed by atoms with E-state index in [0.29, 0.717) is 30.3 Å². The Morgan fingerprint density at radius 1 is 0.897 bits per heavy atom. The van der Waals surface area contributed by atoms with Gasteiger partial charge in [-0.05, 0) is 54.0 Å². The standard InChI is InChI=1S/C25H21NO3/c27-25-20-10-4-3-9-18(20)19-12-13-23-21(24(19)29-25)14-26(15-28-23)22-11-5-7-16-6-1-2-8-17(16)22/h1-4,6,8-10,12-13,22H,5,7,11,14-15H2/t22-/m1/s1. The molecule has 2 heterocycles. The Morgan fingerprint density at radius 2 is 1.72 bits per heavy atom. The monoisotopic (exact) mass is 383 g/mol. The third kappa shape index (κ3) is 2.60. The second-order valence-corrected chi connectivity index (χ2v) is 7.98. The minimum absolute atomic E-state index is 0.290. The number of aryl methyl sites for hydroxylation is 1. The molecule has 29 heavy (non-hydrogen) atoms. The molecule has 0 N–H and O–H groups in total. The van der Waals surface area contributed by atoms with Gasteiger partial charge in [-0.25, -0.2) is 4.79 Å². The van der Waals surface area contributed by atoms with Crippen molar-refractivity contribution >= 4 is 21.7 Å². The lowest BCUT2D eigenvalue weighted by atomic mass is 9.86. The third-order valence-corrected chi connectivity index (χ3v) is 6.38. The number of fused-ring (bicyclic) bond motifs is 6.